The summed E-state index contributed by atoms with van der Waals surface area (Å²) in [7, 11) is 0. The molecule has 0 bridgehead atoms. The first-order valence-corrected chi connectivity index (χ1v) is 5.16. The average Bonchev–Trinajstić information content (AvgIpc) is 2.84. The van der Waals surface area contributed by atoms with Crippen LogP contribution in [0.25, 0.3) is 0 Å². The summed E-state index contributed by atoms with van der Waals surface area (Å²) in [4.78, 5) is 23.3. The smallest absolute Gasteiger partial charge is 0.410 e. The van der Waals surface area contributed by atoms with E-state index in [-0.39, 0.29) is 12.6 Å². The van der Waals surface area contributed by atoms with Gasteiger partial charge in [0.1, 0.15) is 6.54 Å². The van der Waals surface area contributed by atoms with Gasteiger partial charge in [-0.2, -0.15) is 0 Å². The molecule has 5 heteroatoms. The van der Waals surface area contributed by atoms with Crippen molar-refractivity contribution in [2.75, 3.05) is 13.1 Å². The van der Waals surface area contributed by atoms with E-state index in [1.54, 1.807) is 13.8 Å². The van der Waals surface area contributed by atoms with Crippen LogP contribution in [0, 0.1) is 5.92 Å². The van der Waals surface area contributed by atoms with Gasteiger partial charge in [0.15, 0.2) is 0 Å². The minimum absolute atomic E-state index is 0.215. The molecule has 0 heterocycles. The van der Waals surface area contributed by atoms with Crippen molar-refractivity contribution in [2.45, 2.75) is 32.8 Å². The van der Waals surface area contributed by atoms with Gasteiger partial charge in [-0.15, -0.1) is 0 Å². The van der Waals surface area contributed by atoms with E-state index >= 15 is 0 Å². The Morgan fingerprint density at radius 1 is 1.47 bits per heavy atom. The fourth-order valence-corrected chi connectivity index (χ4v) is 1.26. The van der Waals surface area contributed by atoms with E-state index < -0.39 is 12.1 Å². The molecule has 1 fully saturated rings. The fraction of sp³-hybridized carbons (Fsp3) is 0.800. The van der Waals surface area contributed by atoms with Crippen LogP contribution in [-0.2, 0) is 9.53 Å². The Hall–Kier alpha value is -1.26. The molecule has 1 amide bonds. The van der Waals surface area contributed by atoms with Gasteiger partial charge < -0.3 is 9.84 Å². The number of amides is 1. The highest BCUT2D eigenvalue weighted by Gasteiger charge is 2.28. The fourth-order valence-electron chi connectivity index (χ4n) is 1.26. The number of carboxylic acids is 1. The van der Waals surface area contributed by atoms with Gasteiger partial charge in [-0.1, -0.05) is 0 Å². The highest BCUT2D eigenvalue weighted by atomic mass is 16.6. The lowest BCUT2D eigenvalue weighted by Gasteiger charge is -2.21. The van der Waals surface area contributed by atoms with Crippen LogP contribution in [0.5, 0.6) is 0 Å². The molecule has 0 unspecified atom stereocenters. The number of nitrogens with zero attached hydrogens (tertiary/aromatic N) is 1. The molecule has 5 nitrogen and oxygen atoms in total. The molecule has 0 aromatic rings. The van der Waals surface area contributed by atoms with Crippen molar-refractivity contribution in [3.63, 3.8) is 0 Å². The Labute approximate surface area is 89.0 Å². The summed E-state index contributed by atoms with van der Waals surface area (Å²) in [5.74, 6) is -0.541. The highest BCUT2D eigenvalue weighted by Crippen LogP contribution is 2.29. The standard InChI is InChI=1S/C10H17NO4/c1-7(2)15-10(14)11(6-9(12)13)5-8-3-4-8/h7-8H,3-6H2,1-2H3,(H,12,13). The maximum atomic E-state index is 11.5. The molecule has 15 heavy (non-hydrogen) atoms. The molecule has 1 saturated carbocycles. The molecule has 1 N–H and O–H groups in total. The molecule has 0 atom stereocenters. The predicted molar refractivity (Wildman–Crippen MR) is 53.5 cm³/mol. The van der Waals surface area contributed by atoms with Crippen LogP contribution < -0.4 is 0 Å². The zero-order chi connectivity index (χ0) is 11.4. The SMILES string of the molecule is CC(C)OC(=O)N(CC(=O)O)CC1CC1. The van der Waals surface area contributed by atoms with Gasteiger partial charge in [-0.05, 0) is 32.6 Å². The Morgan fingerprint density at radius 2 is 2.07 bits per heavy atom. The number of hydrogen-bond donors (Lipinski definition) is 1. The summed E-state index contributed by atoms with van der Waals surface area (Å²) in [5, 5.41) is 8.65. The van der Waals surface area contributed by atoms with Gasteiger partial charge in [-0.25, -0.2) is 4.79 Å². The monoisotopic (exact) mass is 215 g/mol. The van der Waals surface area contributed by atoms with E-state index in [9.17, 15) is 9.59 Å². The molecule has 1 aliphatic carbocycles. The second kappa shape index (κ2) is 5.00. The molecule has 1 aliphatic rings. The Kier molecular flexibility index (Phi) is 3.94. The van der Waals surface area contributed by atoms with Gasteiger partial charge >= 0.3 is 12.1 Å². The largest absolute Gasteiger partial charge is 0.480 e. The number of carboxylic acid groups (broad SMARTS) is 1. The van der Waals surface area contributed by atoms with Crippen molar-refractivity contribution in [1.82, 2.24) is 4.90 Å². The van der Waals surface area contributed by atoms with Crippen molar-refractivity contribution in [2.24, 2.45) is 5.92 Å². The summed E-state index contributed by atoms with van der Waals surface area (Å²) in [6.07, 6.45) is 1.41. The lowest BCUT2D eigenvalue weighted by molar-refractivity contribution is -0.138. The van der Waals surface area contributed by atoms with Gasteiger partial charge in [0.2, 0.25) is 0 Å². The van der Waals surface area contributed by atoms with Crippen molar-refractivity contribution in [1.29, 1.82) is 0 Å². The first-order chi connectivity index (χ1) is 6.99. The molecule has 0 aromatic heterocycles. The maximum Gasteiger partial charge on any atom is 0.410 e. The number of carbonyl (C=O) groups excluding carboxylic acids is 1. The van der Waals surface area contributed by atoms with Crippen molar-refractivity contribution < 1.29 is 19.4 Å². The number of hydrogen-bond acceptors (Lipinski definition) is 3. The summed E-state index contributed by atoms with van der Waals surface area (Å²) in [6.45, 7) is 3.71. The van der Waals surface area contributed by atoms with Crippen LogP contribution in [0.15, 0.2) is 0 Å². The third-order valence-corrected chi connectivity index (χ3v) is 2.10. The average molecular weight is 215 g/mol. The van der Waals surface area contributed by atoms with Crippen molar-refractivity contribution in [3.05, 3.63) is 0 Å². The number of carbonyl (C=O) groups is 2. The predicted octanol–water partition coefficient (Wildman–Crippen LogP) is 1.33. The van der Waals surface area contributed by atoms with Crippen LogP contribution in [-0.4, -0.2) is 41.3 Å². The molecule has 0 spiro atoms. The van der Waals surface area contributed by atoms with Crippen molar-refractivity contribution in [3.8, 4) is 0 Å². The first kappa shape index (κ1) is 11.8. The third-order valence-electron chi connectivity index (χ3n) is 2.10. The minimum Gasteiger partial charge on any atom is -0.480 e. The second-order valence-electron chi connectivity index (χ2n) is 4.15. The van der Waals surface area contributed by atoms with Crippen LogP contribution in [0.1, 0.15) is 26.7 Å². The molecule has 1 rings (SSSR count). The van der Waals surface area contributed by atoms with E-state index in [1.165, 1.54) is 4.90 Å². The maximum absolute atomic E-state index is 11.5. The van der Waals surface area contributed by atoms with E-state index in [4.69, 9.17) is 9.84 Å². The van der Waals surface area contributed by atoms with Crippen LogP contribution in [0.2, 0.25) is 0 Å². The summed E-state index contributed by atoms with van der Waals surface area (Å²) < 4.78 is 4.97. The third kappa shape index (κ3) is 4.67. The van der Waals surface area contributed by atoms with Crippen molar-refractivity contribution >= 4 is 12.1 Å². The topological polar surface area (TPSA) is 66.8 Å². The Morgan fingerprint density at radius 3 is 2.47 bits per heavy atom. The van der Waals surface area contributed by atoms with Crippen LogP contribution in [0.3, 0.4) is 0 Å². The molecular weight excluding hydrogens is 198 g/mol. The summed E-state index contributed by atoms with van der Waals surface area (Å²) in [6, 6.07) is 0. The molecule has 0 aromatic carbocycles. The van der Waals surface area contributed by atoms with E-state index in [1.807, 2.05) is 0 Å². The summed E-state index contributed by atoms with van der Waals surface area (Å²) >= 11 is 0. The number of aliphatic carboxylic acids is 1. The Bertz CT molecular complexity index is 248. The lowest BCUT2D eigenvalue weighted by atomic mass is 10.4. The van der Waals surface area contributed by atoms with Gasteiger partial charge in [0, 0.05) is 6.54 Å². The van der Waals surface area contributed by atoms with Gasteiger partial charge in [0.25, 0.3) is 0 Å². The minimum atomic E-state index is -1.00. The highest BCUT2D eigenvalue weighted by molar-refractivity contribution is 5.76. The van der Waals surface area contributed by atoms with E-state index in [0.29, 0.717) is 12.5 Å². The zero-order valence-electron chi connectivity index (χ0n) is 9.10. The molecule has 0 aliphatic heterocycles. The van der Waals surface area contributed by atoms with Gasteiger partial charge in [-0.3, -0.25) is 9.69 Å². The van der Waals surface area contributed by atoms with Crippen LogP contribution >= 0.6 is 0 Å². The molecule has 0 saturated heterocycles. The molecule has 0 radical (unpaired) electrons. The zero-order valence-corrected chi connectivity index (χ0v) is 9.10. The normalized spacial score (nSPS) is 15.1. The van der Waals surface area contributed by atoms with Crippen LogP contribution in [0.4, 0.5) is 4.79 Å². The number of rotatable bonds is 5. The Balaban J connectivity index is 2.45. The lowest BCUT2D eigenvalue weighted by Crippen LogP contribution is -2.38. The van der Waals surface area contributed by atoms with Gasteiger partial charge in [0.05, 0.1) is 6.10 Å². The molecule has 86 valence electrons. The quantitative estimate of drug-likeness (QED) is 0.751. The molecular formula is C10H17NO4. The van der Waals surface area contributed by atoms with E-state index in [0.717, 1.165) is 12.8 Å². The first-order valence-electron chi connectivity index (χ1n) is 5.16. The van der Waals surface area contributed by atoms with E-state index in [2.05, 4.69) is 0 Å². The number of ether oxygens (including phenoxy) is 1. The second-order valence-corrected chi connectivity index (χ2v) is 4.15. The summed E-state index contributed by atoms with van der Waals surface area (Å²) in [5.41, 5.74) is 0.